The molecule has 1 N–H and O–H groups in total. The molecule has 0 bridgehead atoms. The van der Waals surface area contributed by atoms with Gasteiger partial charge in [-0.3, -0.25) is 28.8 Å². The molecule has 0 radical (unpaired) electrons. The van der Waals surface area contributed by atoms with Gasteiger partial charge >= 0.3 is 5.69 Å². The number of nitrogens with zero attached hydrogens (tertiary/aromatic N) is 4. The van der Waals surface area contributed by atoms with Crippen molar-refractivity contribution in [1.29, 1.82) is 0 Å². The maximum atomic E-state index is 13.0. The quantitative estimate of drug-likeness (QED) is 0.518. The molecule has 0 aliphatic rings. The highest BCUT2D eigenvalue weighted by Crippen LogP contribution is 2.30. The number of carbonyl (C=O) groups excluding carboxylic acids is 1. The number of nitro groups is 1. The number of aromatic nitrogens is 3. The lowest BCUT2D eigenvalue weighted by atomic mass is 10.0. The smallest absolute Gasteiger partial charge is 0.321 e. The van der Waals surface area contributed by atoms with E-state index in [9.17, 15) is 24.5 Å². The fraction of sp³-hybridized carbons (Fsp3) is 0.300. The number of aryl methyl sites for hydroxylation is 1. The predicted molar refractivity (Wildman–Crippen MR) is 112 cm³/mol. The number of nitrogens with one attached hydrogen (secondary N) is 1. The van der Waals surface area contributed by atoms with Crippen LogP contribution in [0.15, 0.2) is 34.0 Å². The molecule has 0 fully saturated rings. The number of amides is 1. The van der Waals surface area contributed by atoms with Gasteiger partial charge in [-0.15, -0.1) is 0 Å². The van der Waals surface area contributed by atoms with Gasteiger partial charge in [0.2, 0.25) is 0 Å². The van der Waals surface area contributed by atoms with Crippen LogP contribution in [0.5, 0.6) is 0 Å². The highest BCUT2D eigenvalue weighted by Gasteiger charge is 2.23. The van der Waals surface area contributed by atoms with Gasteiger partial charge in [-0.2, -0.15) is 0 Å². The van der Waals surface area contributed by atoms with Gasteiger partial charge < -0.3 is 5.32 Å². The van der Waals surface area contributed by atoms with Gasteiger partial charge in [0.1, 0.15) is 5.39 Å². The third-order valence-electron chi connectivity index (χ3n) is 5.11. The molecule has 0 atom stereocenters. The third kappa shape index (κ3) is 3.25. The summed E-state index contributed by atoms with van der Waals surface area (Å²) in [6.45, 7) is 5.25. The molecule has 3 rings (SSSR count). The van der Waals surface area contributed by atoms with Gasteiger partial charge in [-0.05, 0) is 24.5 Å². The van der Waals surface area contributed by atoms with Crippen molar-refractivity contribution in [1.82, 2.24) is 14.1 Å². The first-order chi connectivity index (χ1) is 14.1. The molecule has 0 saturated carbocycles. The molecule has 0 aliphatic carbocycles. The van der Waals surface area contributed by atoms with E-state index in [1.165, 1.54) is 50.0 Å². The summed E-state index contributed by atoms with van der Waals surface area (Å²) in [5.41, 5.74) is 0.00789. The fourth-order valence-corrected chi connectivity index (χ4v) is 3.36. The first-order valence-corrected chi connectivity index (χ1v) is 9.20. The highest BCUT2D eigenvalue weighted by molar-refractivity contribution is 6.10. The minimum Gasteiger partial charge on any atom is -0.321 e. The number of carbonyl (C=O) groups is 1. The number of fused-ring (bicyclic) bond motifs is 1. The summed E-state index contributed by atoms with van der Waals surface area (Å²) in [5, 5.41) is 14.1. The second kappa shape index (κ2) is 7.54. The van der Waals surface area contributed by atoms with Crippen LogP contribution in [-0.2, 0) is 14.1 Å². The number of nitro benzene ring substituents is 1. The largest absolute Gasteiger partial charge is 0.332 e. The van der Waals surface area contributed by atoms with E-state index in [0.717, 1.165) is 4.57 Å². The molecule has 2 aromatic heterocycles. The van der Waals surface area contributed by atoms with Crippen LogP contribution in [0.2, 0.25) is 0 Å². The van der Waals surface area contributed by atoms with E-state index in [-0.39, 0.29) is 39.5 Å². The molecule has 2 heterocycles. The number of rotatable bonds is 4. The standard InChI is InChI=1S/C20H21N5O5/c1-10(2)13-9-21-17-15(19(27)24(5)20(28)23(17)4)16(13)22-18(26)12-7-6-8-14(11(12)3)25(29)30/h6-10H,1-5H3,(H,21,22,26). The normalized spacial score (nSPS) is 11.1. The van der Waals surface area contributed by atoms with Gasteiger partial charge in [-0.1, -0.05) is 19.9 Å². The van der Waals surface area contributed by atoms with E-state index >= 15 is 0 Å². The SMILES string of the molecule is Cc1c(C(=O)Nc2c(C(C)C)cnc3c2c(=O)n(C)c(=O)n3C)cccc1[N+](=O)[O-]. The first-order valence-electron chi connectivity index (χ1n) is 9.20. The second-order valence-corrected chi connectivity index (χ2v) is 7.31. The lowest BCUT2D eigenvalue weighted by molar-refractivity contribution is -0.385. The zero-order valence-electron chi connectivity index (χ0n) is 17.2. The number of benzene rings is 1. The summed E-state index contributed by atoms with van der Waals surface area (Å²) in [7, 11) is 2.84. The number of pyridine rings is 1. The van der Waals surface area contributed by atoms with Gasteiger partial charge in [0.15, 0.2) is 5.65 Å². The third-order valence-corrected chi connectivity index (χ3v) is 5.11. The van der Waals surface area contributed by atoms with E-state index in [1.807, 2.05) is 13.8 Å². The van der Waals surface area contributed by atoms with Crippen LogP contribution in [0.3, 0.4) is 0 Å². The number of anilines is 1. The zero-order valence-corrected chi connectivity index (χ0v) is 17.2. The minimum absolute atomic E-state index is 0.0923. The van der Waals surface area contributed by atoms with Crippen LogP contribution in [0.4, 0.5) is 11.4 Å². The number of hydrogen-bond donors (Lipinski definition) is 1. The average Bonchev–Trinajstić information content (AvgIpc) is 2.69. The van der Waals surface area contributed by atoms with E-state index in [4.69, 9.17) is 0 Å². The van der Waals surface area contributed by atoms with E-state index in [2.05, 4.69) is 10.3 Å². The zero-order chi connectivity index (χ0) is 22.3. The molecular formula is C20H21N5O5. The molecule has 1 aromatic carbocycles. The van der Waals surface area contributed by atoms with Gasteiger partial charge in [0, 0.05) is 37.5 Å². The van der Waals surface area contributed by atoms with E-state index < -0.39 is 22.1 Å². The second-order valence-electron chi connectivity index (χ2n) is 7.31. The Kier molecular flexibility index (Phi) is 5.26. The average molecular weight is 411 g/mol. The summed E-state index contributed by atoms with van der Waals surface area (Å²) in [4.78, 5) is 53.1. The molecule has 0 unspecified atom stereocenters. The van der Waals surface area contributed by atoms with Gasteiger partial charge in [0.05, 0.1) is 10.6 Å². The molecule has 10 nitrogen and oxygen atoms in total. The maximum Gasteiger partial charge on any atom is 0.332 e. The molecule has 0 aliphatic heterocycles. The van der Waals surface area contributed by atoms with Crippen molar-refractivity contribution in [3.05, 3.63) is 72.0 Å². The molecule has 3 aromatic rings. The van der Waals surface area contributed by atoms with E-state index in [0.29, 0.717) is 5.56 Å². The molecule has 0 saturated heterocycles. The Balaban J connectivity index is 2.28. The van der Waals surface area contributed by atoms with Crippen LogP contribution in [0, 0.1) is 17.0 Å². The summed E-state index contributed by atoms with van der Waals surface area (Å²) in [6.07, 6.45) is 1.52. The van der Waals surface area contributed by atoms with Crippen LogP contribution in [0.25, 0.3) is 11.0 Å². The molecule has 30 heavy (non-hydrogen) atoms. The Labute approximate surface area is 170 Å². The van der Waals surface area contributed by atoms with Crippen LogP contribution < -0.4 is 16.6 Å². The fourth-order valence-electron chi connectivity index (χ4n) is 3.36. The summed E-state index contributed by atoms with van der Waals surface area (Å²) >= 11 is 0. The first kappa shape index (κ1) is 20.9. The summed E-state index contributed by atoms with van der Waals surface area (Å²) < 4.78 is 2.18. The monoisotopic (exact) mass is 411 g/mol. The predicted octanol–water partition coefficient (Wildman–Crippen LogP) is 2.22. The van der Waals surface area contributed by atoms with Crippen molar-refractivity contribution in [2.24, 2.45) is 14.1 Å². The Hall–Kier alpha value is -3.82. The van der Waals surface area contributed by atoms with Crippen LogP contribution >= 0.6 is 0 Å². The van der Waals surface area contributed by atoms with Gasteiger partial charge in [0.25, 0.3) is 17.2 Å². The Morgan fingerprint density at radius 2 is 1.87 bits per heavy atom. The van der Waals surface area contributed by atoms with E-state index in [1.54, 1.807) is 0 Å². The van der Waals surface area contributed by atoms with Crippen molar-refractivity contribution in [2.75, 3.05) is 5.32 Å². The Morgan fingerprint density at radius 3 is 2.47 bits per heavy atom. The Bertz CT molecular complexity index is 1320. The minimum atomic E-state index is -0.596. The van der Waals surface area contributed by atoms with Crippen LogP contribution in [0.1, 0.15) is 41.3 Å². The summed E-state index contributed by atoms with van der Waals surface area (Å²) in [6, 6.07) is 4.22. The van der Waals surface area contributed by atoms with Crippen molar-refractivity contribution < 1.29 is 9.72 Å². The molecule has 1 amide bonds. The Morgan fingerprint density at radius 1 is 1.20 bits per heavy atom. The topological polar surface area (TPSA) is 129 Å². The number of hydrogen-bond acceptors (Lipinski definition) is 6. The lowest BCUT2D eigenvalue weighted by Crippen LogP contribution is -2.38. The lowest BCUT2D eigenvalue weighted by Gasteiger charge is -2.18. The van der Waals surface area contributed by atoms with Crippen molar-refractivity contribution >= 4 is 28.3 Å². The van der Waals surface area contributed by atoms with Crippen LogP contribution in [-0.4, -0.2) is 24.9 Å². The maximum absolute atomic E-state index is 13.0. The highest BCUT2D eigenvalue weighted by atomic mass is 16.6. The summed E-state index contributed by atoms with van der Waals surface area (Å²) in [5.74, 6) is -0.688. The van der Waals surface area contributed by atoms with Crippen molar-refractivity contribution in [3.63, 3.8) is 0 Å². The van der Waals surface area contributed by atoms with Gasteiger partial charge in [-0.25, -0.2) is 9.78 Å². The molecule has 10 heteroatoms. The molecular weight excluding hydrogens is 390 g/mol. The van der Waals surface area contributed by atoms with Crippen molar-refractivity contribution in [2.45, 2.75) is 26.7 Å². The molecule has 156 valence electrons. The van der Waals surface area contributed by atoms with Crippen molar-refractivity contribution in [3.8, 4) is 0 Å². The molecule has 0 spiro atoms.